The van der Waals surface area contributed by atoms with Gasteiger partial charge in [0, 0.05) is 25.8 Å². The maximum Gasteiger partial charge on any atom is 0.191 e. The Morgan fingerprint density at radius 1 is 1.43 bits per heavy atom. The average Bonchev–Trinajstić information content (AvgIpc) is 3.11. The molecular weight excluding hydrogens is 268 g/mol. The van der Waals surface area contributed by atoms with Crippen LogP contribution in [-0.4, -0.2) is 36.4 Å². The van der Waals surface area contributed by atoms with Crippen LogP contribution in [0.25, 0.3) is 0 Å². The number of aromatic nitrogens is 1. The number of hydrogen-bond acceptors (Lipinski definition) is 4. The Morgan fingerprint density at radius 3 is 2.90 bits per heavy atom. The van der Waals surface area contributed by atoms with Crippen molar-refractivity contribution in [1.29, 1.82) is 0 Å². The first-order valence-electron chi connectivity index (χ1n) is 7.76. The second-order valence-corrected chi connectivity index (χ2v) is 5.59. The average molecular weight is 294 g/mol. The summed E-state index contributed by atoms with van der Waals surface area (Å²) in [4.78, 5) is 4.53. The van der Waals surface area contributed by atoms with Crippen molar-refractivity contribution >= 4 is 5.96 Å². The van der Waals surface area contributed by atoms with Crippen LogP contribution in [0.4, 0.5) is 0 Å². The van der Waals surface area contributed by atoms with Crippen LogP contribution in [0.15, 0.2) is 15.6 Å². The maximum atomic E-state index is 5.78. The molecule has 1 atom stereocenters. The minimum Gasteiger partial charge on any atom is -0.373 e. The van der Waals surface area contributed by atoms with Crippen molar-refractivity contribution in [2.24, 2.45) is 4.99 Å². The van der Waals surface area contributed by atoms with Crippen LogP contribution in [0.1, 0.15) is 45.1 Å². The lowest BCUT2D eigenvalue weighted by molar-refractivity contribution is 0.0243. The van der Waals surface area contributed by atoms with Crippen LogP contribution < -0.4 is 10.6 Å². The van der Waals surface area contributed by atoms with Crippen molar-refractivity contribution in [2.45, 2.75) is 52.2 Å². The molecule has 0 saturated carbocycles. The first-order valence-corrected chi connectivity index (χ1v) is 7.76. The molecule has 1 saturated heterocycles. The molecule has 0 aromatic carbocycles. The van der Waals surface area contributed by atoms with E-state index in [-0.39, 0.29) is 5.60 Å². The summed E-state index contributed by atoms with van der Waals surface area (Å²) in [5.74, 6) is 1.57. The number of ether oxygens (including phenoxy) is 1. The molecule has 2 rings (SSSR count). The predicted molar refractivity (Wildman–Crippen MR) is 82.3 cm³/mol. The van der Waals surface area contributed by atoms with E-state index in [0.29, 0.717) is 6.54 Å². The summed E-state index contributed by atoms with van der Waals surface area (Å²) >= 11 is 0. The fourth-order valence-corrected chi connectivity index (χ4v) is 2.34. The Balaban J connectivity index is 1.89. The molecule has 2 heterocycles. The van der Waals surface area contributed by atoms with Crippen LogP contribution in [0.5, 0.6) is 0 Å². The van der Waals surface area contributed by atoms with Crippen LogP contribution in [-0.2, 0) is 17.7 Å². The largest absolute Gasteiger partial charge is 0.373 e. The summed E-state index contributed by atoms with van der Waals surface area (Å²) in [5, 5.41) is 10.6. The molecule has 0 spiro atoms. The van der Waals surface area contributed by atoms with Crippen LogP contribution in [0.3, 0.4) is 0 Å². The highest BCUT2D eigenvalue weighted by Gasteiger charge is 2.29. The van der Waals surface area contributed by atoms with Gasteiger partial charge in [-0.05, 0) is 33.1 Å². The van der Waals surface area contributed by atoms with Crippen molar-refractivity contribution in [3.05, 3.63) is 17.5 Å². The molecule has 2 N–H and O–H groups in total. The van der Waals surface area contributed by atoms with Crippen molar-refractivity contribution in [3.63, 3.8) is 0 Å². The lowest BCUT2D eigenvalue weighted by atomic mass is 10.0. The lowest BCUT2D eigenvalue weighted by Crippen LogP contribution is -2.45. The molecule has 0 bridgehead atoms. The molecule has 1 fully saturated rings. The van der Waals surface area contributed by atoms with E-state index < -0.39 is 0 Å². The topological polar surface area (TPSA) is 71.7 Å². The lowest BCUT2D eigenvalue weighted by Gasteiger charge is -2.24. The highest BCUT2D eigenvalue weighted by Crippen LogP contribution is 2.23. The van der Waals surface area contributed by atoms with Crippen molar-refractivity contribution in [1.82, 2.24) is 15.8 Å². The molecule has 0 radical (unpaired) electrons. The minimum absolute atomic E-state index is 0.0855. The Morgan fingerprint density at radius 2 is 2.29 bits per heavy atom. The van der Waals surface area contributed by atoms with E-state index in [1.54, 1.807) is 0 Å². The number of nitrogens with one attached hydrogen (secondary N) is 2. The number of guanidine groups is 1. The van der Waals surface area contributed by atoms with E-state index in [1.165, 1.54) is 0 Å². The maximum absolute atomic E-state index is 5.78. The van der Waals surface area contributed by atoms with Gasteiger partial charge in [-0.15, -0.1) is 0 Å². The summed E-state index contributed by atoms with van der Waals surface area (Å²) < 4.78 is 11.0. The quantitative estimate of drug-likeness (QED) is 0.619. The molecule has 0 amide bonds. The van der Waals surface area contributed by atoms with E-state index in [0.717, 1.165) is 56.4 Å². The van der Waals surface area contributed by atoms with Gasteiger partial charge in [-0.1, -0.05) is 12.1 Å². The highest BCUT2D eigenvalue weighted by atomic mass is 16.5. The van der Waals surface area contributed by atoms with E-state index in [2.05, 4.69) is 41.6 Å². The number of nitrogens with zero attached hydrogens (tertiary/aromatic N) is 2. The highest BCUT2D eigenvalue weighted by molar-refractivity contribution is 5.79. The predicted octanol–water partition coefficient (Wildman–Crippen LogP) is 1.86. The number of rotatable bonds is 6. The zero-order chi connectivity index (χ0) is 15.1. The van der Waals surface area contributed by atoms with Gasteiger partial charge in [-0.2, -0.15) is 0 Å². The Bertz CT molecular complexity index is 464. The number of aryl methyl sites for hydroxylation is 1. The van der Waals surface area contributed by atoms with Gasteiger partial charge in [0.2, 0.25) is 0 Å². The Hall–Kier alpha value is -1.56. The van der Waals surface area contributed by atoms with Gasteiger partial charge in [-0.3, -0.25) is 0 Å². The monoisotopic (exact) mass is 294 g/mol. The third-order valence-electron chi connectivity index (χ3n) is 3.64. The Kier molecular flexibility index (Phi) is 5.61. The van der Waals surface area contributed by atoms with Gasteiger partial charge in [0.1, 0.15) is 6.54 Å². The summed E-state index contributed by atoms with van der Waals surface area (Å²) in [6.45, 7) is 9.16. The Labute approximate surface area is 126 Å². The van der Waals surface area contributed by atoms with E-state index in [9.17, 15) is 0 Å². The van der Waals surface area contributed by atoms with Gasteiger partial charge < -0.3 is 19.9 Å². The van der Waals surface area contributed by atoms with Gasteiger partial charge in [0.15, 0.2) is 11.7 Å². The first kappa shape index (κ1) is 15.8. The SMILES string of the molecule is CCNC(=NCc1cc(CC)no1)NCC1(C)CCCO1. The molecule has 1 aliphatic heterocycles. The summed E-state index contributed by atoms with van der Waals surface area (Å²) in [5.41, 5.74) is 0.877. The summed E-state index contributed by atoms with van der Waals surface area (Å²) in [6, 6.07) is 1.95. The molecule has 1 unspecified atom stereocenters. The van der Waals surface area contributed by atoms with Gasteiger partial charge in [-0.25, -0.2) is 4.99 Å². The van der Waals surface area contributed by atoms with Gasteiger partial charge >= 0.3 is 0 Å². The molecule has 118 valence electrons. The molecule has 0 aliphatic carbocycles. The smallest absolute Gasteiger partial charge is 0.191 e. The first-order chi connectivity index (χ1) is 10.1. The fraction of sp³-hybridized carbons (Fsp3) is 0.733. The van der Waals surface area contributed by atoms with E-state index >= 15 is 0 Å². The van der Waals surface area contributed by atoms with E-state index in [1.807, 2.05) is 6.07 Å². The van der Waals surface area contributed by atoms with E-state index in [4.69, 9.17) is 9.26 Å². The number of hydrogen-bond donors (Lipinski definition) is 2. The third-order valence-corrected chi connectivity index (χ3v) is 3.64. The normalized spacial score (nSPS) is 22.5. The molecule has 6 heteroatoms. The van der Waals surface area contributed by atoms with Crippen molar-refractivity contribution in [3.8, 4) is 0 Å². The van der Waals surface area contributed by atoms with Gasteiger partial charge in [0.05, 0.1) is 11.3 Å². The number of aliphatic imine (C=N–C) groups is 1. The van der Waals surface area contributed by atoms with Gasteiger partial charge in [0.25, 0.3) is 0 Å². The molecule has 1 aliphatic rings. The van der Waals surface area contributed by atoms with Crippen molar-refractivity contribution < 1.29 is 9.26 Å². The molecule has 6 nitrogen and oxygen atoms in total. The van der Waals surface area contributed by atoms with Crippen LogP contribution in [0, 0.1) is 0 Å². The molecule has 1 aromatic rings. The summed E-state index contributed by atoms with van der Waals surface area (Å²) in [7, 11) is 0. The van der Waals surface area contributed by atoms with Crippen molar-refractivity contribution in [2.75, 3.05) is 19.7 Å². The second kappa shape index (κ2) is 7.45. The molecule has 1 aromatic heterocycles. The minimum atomic E-state index is -0.0855. The van der Waals surface area contributed by atoms with Crippen LogP contribution >= 0.6 is 0 Å². The molecule has 21 heavy (non-hydrogen) atoms. The standard InChI is InChI=1S/C15H26N4O2/c1-4-12-9-13(21-19-12)10-17-14(16-5-2)18-11-15(3)7-6-8-20-15/h9H,4-8,10-11H2,1-3H3,(H2,16,17,18). The third kappa shape index (κ3) is 4.74. The van der Waals surface area contributed by atoms with Crippen LogP contribution in [0.2, 0.25) is 0 Å². The fourth-order valence-electron chi connectivity index (χ4n) is 2.34. The zero-order valence-corrected chi connectivity index (χ0v) is 13.2. The zero-order valence-electron chi connectivity index (χ0n) is 13.2. The second-order valence-electron chi connectivity index (χ2n) is 5.59. The summed E-state index contributed by atoms with van der Waals surface area (Å²) in [6.07, 6.45) is 3.09. The molecular formula is C15H26N4O2.